The Bertz CT molecular complexity index is 649. The molecule has 96 valence electrons. The maximum atomic E-state index is 12.3. The lowest BCUT2D eigenvalue weighted by atomic mass is 10.2. The van der Waals surface area contributed by atoms with E-state index in [4.69, 9.17) is 0 Å². The molecule has 2 aromatic rings. The number of hydrogen-bond donors (Lipinski definition) is 1. The Morgan fingerprint density at radius 2 is 1.79 bits per heavy atom. The number of nitrogens with one attached hydrogen (secondary N) is 1. The zero-order valence-electron chi connectivity index (χ0n) is 10.7. The molecule has 0 saturated carbocycles. The molecular formula is C16H15NOS. The van der Waals surface area contributed by atoms with E-state index in [9.17, 15) is 4.79 Å². The van der Waals surface area contributed by atoms with Crippen molar-refractivity contribution in [1.82, 2.24) is 0 Å². The lowest BCUT2D eigenvalue weighted by Crippen LogP contribution is -2.08. The van der Waals surface area contributed by atoms with Crippen LogP contribution in [0.4, 0.5) is 5.69 Å². The van der Waals surface area contributed by atoms with E-state index >= 15 is 0 Å². The van der Waals surface area contributed by atoms with Gasteiger partial charge in [0.15, 0.2) is 5.78 Å². The lowest BCUT2D eigenvalue weighted by Gasteiger charge is -2.07. The fraction of sp³-hybridized carbons (Fsp3) is 0.125. The van der Waals surface area contributed by atoms with Crippen LogP contribution in [-0.4, -0.2) is 16.5 Å². The van der Waals surface area contributed by atoms with E-state index < -0.39 is 0 Å². The molecule has 1 heterocycles. The summed E-state index contributed by atoms with van der Waals surface area (Å²) >= 11 is 0. The van der Waals surface area contributed by atoms with E-state index in [2.05, 4.69) is 24.4 Å². The molecule has 1 N–H and O–H groups in total. The van der Waals surface area contributed by atoms with Crippen LogP contribution in [0.25, 0.3) is 0 Å². The summed E-state index contributed by atoms with van der Waals surface area (Å²) in [5.41, 5.74) is 1.90. The molecule has 3 rings (SSSR count). The number of anilines is 1. The number of para-hydroxylation sites is 1. The highest BCUT2D eigenvalue weighted by atomic mass is 32.2. The Morgan fingerprint density at radius 1 is 1.11 bits per heavy atom. The number of rotatable bonds is 2. The van der Waals surface area contributed by atoms with Crippen molar-refractivity contribution in [2.75, 3.05) is 5.32 Å². The summed E-state index contributed by atoms with van der Waals surface area (Å²) in [4.78, 5) is 13.5. The molecular weight excluding hydrogens is 254 g/mol. The van der Waals surface area contributed by atoms with Gasteiger partial charge in [0.05, 0.1) is 5.37 Å². The van der Waals surface area contributed by atoms with E-state index in [0.717, 1.165) is 11.3 Å². The molecule has 0 bridgehead atoms. The highest BCUT2D eigenvalue weighted by Crippen LogP contribution is 2.43. The summed E-state index contributed by atoms with van der Waals surface area (Å²) in [5, 5.41) is 5.58. The molecule has 2 aromatic carbocycles. The summed E-state index contributed by atoms with van der Waals surface area (Å²) in [6, 6.07) is 17.7. The normalized spacial score (nSPS) is 20.9. The third-order valence-electron chi connectivity index (χ3n) is 3.17. The second kappa shape index (κ2) is 5.02. The molecule has 2 atom stereocenters. The molecule has 0 amide bonds. The SMILES string of the molecule is CC1Nc2ccccc2S1=CC(=O)c1ccccc1. The Labute approximate surface area is 115 Å². The Kier molecular flexibility index (Phi) is 3.22. The third-order valence-corrected chi connectivity index (χ3v) is 5.38. The number of Topliss-reactive ketones (excluding diaryl/α,β-unsaturated/α-hetero) is 1. The molecule has 0 aromatic heterocycles. The van der Waals surface area contributed by atoms with Crippen molar-refractivity contribution < 1.29 is 4.79 Å². The van der Waals surface area contributed by atoms with Gasteiger partial charge in [-0.2, -0.15) is 0 Å². The fourth-order valence-corrected chi connectivity index (χ4v) is 4.16. The summed E-state index contributed by atoms with van der Waals surface area (Å²) in [6.07, 6.45) is 0. The smallest absolute Gasteiger partial charge is 0.191 e. The van der Waals surface area contributed by atoms with Gasteiger partial charge in [-0.15, -0.1) is 10.5 Å². The average molecular weight is 269 g/mol. The summed E-state index contributed by atoms with van der Waals surface area (Å²) in [6.45, 7) is 2.12. The Morgan fingerprint density at radius 3 is 2.58 bits per heavy atom. The van der Waals surface area contributed by atoms with Crippen molar-refractivity contribution in [1.29, 1.82) is 0 Å². The van der Waals surface area contributed by atoms with Crippen LogP contribution in [0.1, 0.15) is 17.3 Å². The van der Waals surface area contributed by atoms with Crippen LogP contribution < -0.4 is 5.32 Å². The first-order valence-corrected chi connectivity index (χ1v) is 7.62. The molecule has 0 aliphatic carbocycles. The van der Waals surface area contributed by atoms with Gasteiger partial charge in [0.2, 0.25) is 0 Å². The number of hydrogen-bond acceptors (Lipinski definition) is 2. The molecule has 0 fully saturated rings. The number of carbonyl (C=O) groups is 1. The van der Waals surface area contributed by atoms with Crippen LogP contribution in [0.5, 0.6) is 0 Å². The van der Waals surface area contributed by atoms with Crippen LogP contribution in [0.3, 0.4) is 0 Å². The summed E-state index contributed by atoms with van der Waals surface area (Å²) < 4.78 is 0. The molecule has 1 aliphatic rings. The van der Waals surface area contributed by atoms with Gasteiger partial charge in [0, 0.05) is 21.5 Å². The van der Waals surface area contributed by atoms with Crippen molar-refractivity contribution in [2.45, 2.75) is 17.2 Å². The Balaban J connectivity index is 1.98. The molecule has 3 heteroatoms. The van der Waals surface area contributed by atoms with Crippen molar-refractivity contribution >= 4 is 27.3 Å². The maximum absolute atomic E-state index is 12.3. The van der Waals surface area contributed by atoms with Gasteiger partial charge in [0.25, 0.3) is 0 Å². The number of ketones is 1. The van der Waals surface area contributed by atoms with Gasteiger partial charge in [0.1, 0.15) is 0 Å². The largest absolute Gasteiger partial charge is 0.373 e. The zero-order valence-corrected chi connectivity index (χ0v) is 11.5. The molecule has 2 nitrogen and oxygen atoms in total. The lowest BCUT2D eigenvalue weighted by molar-refractivity contribution is 0.107. The van der Waals surface area contributed by atoms with Crippen LogP contribution >= 0.6 is 10.5 Å². The second-order valence-corrected chi connectivity index (χ2v) is 6.63. The van der Waals surface area contributed by atoms with E-state index in [1.54, 1.807) is 0 Å². The number of carbonyl (C=O) groups excluding carboxylic acids is 1. The molecule has 0 radical (unpaired) electrons. The monoisotopic (exact) mass is 269 g/mol. The van der Waals surface area contributed by atoms with E-state index in [0.29, 0.717) is 0 Å². The van der Waals surface area contributed by atoms with Crippen LogP contribution in [-0.2, 0) is 0 Å². The predicted molar refractivity (Wildman–Crippen MR) is 82.2 cm³/mol. The maximum Gasteiger partial charge on any atom is 0.191 e. The number of benzene rings is 2. The molecule has 0 saturated heterocycles. The van der Waals surface area contributed by atoms with E-state index in [1.807, 2.05) is 47.8 Å². The van der Waals surface area contributed by atoms with Gasteiger partial charge >= 0.3 is 0 Å². The van der Waals surface area contributed by atoms with Crippen LogP contribution in [0, 0.1) is 0 Å². The van der Waals surface area contributed by atoms with E-state index in [1.165, 1.54) is 4.90 Å². The quantitative estimate of drug-likeness (QED) is 0.664. The van der Waals surface area contributed by atoms with E-state index in [-0.39, 0.29) is 21.6 Å². The molecule has 2 unspecified atom stereocenters. The van der Waals surface area contributed by atoms with Gasteiger partial charge in [-0.25, -0.2) is 0 Å². The van der Waals surface area contributed by atoms with Crippen molar-refractivity contribution in [3.63, 3.8) is 0 Å². The fourth-order valence-electron chi connectivity index (χ4n) is 2.22. The first-order chi connectivity index (χ1) is 9.25. The topological polar surface area (TPSA) is 29.1 Å². The minimum Gasteiger partial charge on any atom is -0.373 e. The van der Waals surface area contributed by atoms with Gasteiger partial charge < -0.3 is 5.32 Å². The minimum absolute atomic E-state index is 0.106. The number of fused-ring (bicyclic) bond motifs is 1. The average Bonchev–Trinajstić information content (AvgIpc) is 2.76. The third kappa shape index (κ3) is 2.34. The second-order valence-electron chi connectivity index (χ2n) is 4.50. The standard InChI is InChI=1S/C16H15NOS/c1-12-17-14-9-5-6-10-16(14)19(12)11-15(18)13-7-3-2-4-8-13/h2-12,17H,1H3. The van der Waals surface area contributed by atoms with Crippen molar-refractivity contribution in [2.24, 2.45) is 0 Å². The van der Waals surface area contributed by atoms with Gasteiger partial charge in [-0.1, -0.05) is 42.5 Å². The highest BCUT2D eigenvalue weighted by molar-refractivity contribution is 8.16. The molecule has 0 spiro atoms. The van der Waals surface area contributed by atoms with Gasteiger partial charge in [-0.05, 0) is 19.1 Å². The zero-order chi connectivity index (χ0) is 13.2. The van der Waals surface area contributed by atoms with Gasteiger partial charge in [-0.3, -0.25) is 4.79 Å². The first-order valence-electron chi connectivity index (χ1n) is 6.27. The predicted octanol–water partition coefficient (Wildman–Crippen LogP) is 3.77. The summed E-state index contributed by atoms with van der Waals surface area (Å²) in [5.74, 6) is 0.106. The van der Waals surface area contributed by atoms with Crippen LogP contribution in [0.15, 0.2) is 59.5 Å². The Hall–Kier alpha value is -1.87. The first kappa shape index (κ1) is 12.2. The highest BCUT2D eigenvalue weighted by Gasteiger charge is 2.21. The van der Waals surface area contributed by atoms with Crippen LogP contribution in [0.2, 0.25) is 0 Å². The van der Waals surface area contributed by atoms with Crippen molar-refractivity contribution in [3.05, 3.63) is 60.2 Å². The summed E-state index contributed by atoms with van der Waals surface area (Å²) in [7, 11) is -0.163. The molecule has 1 aliphatic heterocycles. The minimum atomic E-state index is -0.163. The van der Waals surface area contributed by atoms with Crippen molar-refractivity contribution in [3.8, 4) is 0 Å². The molecule has 19 heavy (non-hydrogen) atoms.